The van der Waals surface area contributed by atoms with Gasteiger partial charge in [0.2, 0.25) is 18.4 Å². The van der Waals surface area contributed by atoms with Gasteiger partial charge in [-0.2, -0.15) is 0 Å². The second-order valence-corrected chi connectivity index (χ2v) is 7.99. The number of rotatable bonds is 5. The van der Waals surface area contributed by atoms with E-state index in [1.807, 2.05) is 41.3 Å². The number of aromatic amines is 1. The van der Waals surface area contributed by atoms with E-state index in [0.29, 0.717) is 37.0 Å². The van der Waals surface area contributed by atoms with E-state index in [1.165, 1.54) is 17.3 Å². The number of benzene rings is 2. The smallest absolute Gasteiger partial charge is 0.353 e. The van der Waals surface area contributed by atoms with Gasteiger partial charge in [0.15, 0.2) is 11.5 Å². The Hall–Kier alpha value is -4.34. The molecule has 10 heteroatoms. The first-order chi connectivity index (χ1) is 16.2. The standard InChI is InChI=1S/C23H20N6O4/c30-29(31)21-22(24-10-14-5-6-19-20(9-14)33-13-32-19)25-12-26-23(21)28-8-7-16-15-3-1-2-4-17(15)27-18(16)11-28/h1-6,9,12,27H,7-8,10-11,13H2,(H,24,25,26). The van der Waals surface area contributed by atoms with Gasteiger partial charge in [0.1, 0.15) is 6.33 Å². The molecule has 2 aromatic heterocycles. The number of hydrogen-bond acceptors (Lipinski definition) is 8. The largest absolute Gasteiger partial charge is 0.454 e. The van der Waals surface area contributed by atoms with E-state index in [1.54, 1.807) is 0 Å². The van der Waals surface area contributed by atoms with Crippen LogP contribution in [-0.4, -0.2) is 33.2 Å². The molecule has 33 heavy (non-hydrogen) atoms. The minimum Gasteiger partial charge on any atom is -0.454 e. The highest BCUT2D eigenvalue weighted by molar-refractivity contribution is 5.85. The second kappa shape index (κ2) is 7.66. The first-order valence-electron chi connectivity index (χ1n) is 10.6. The van der Waals surface area contributed by atoms with Crippen molar-refractivity contribution >= 4 is 28.2 Å². The number of anilines is 2. The molecule has 0 spiro atoms. The fourth-order valence-electron chi connectivity index (χ4n) is 4.51. The van der Waals surface area contributed by atoms with Crippen molar-refractivity contribution in [3.63, 3.8) is 0 Å². The zero-order valence-electron chi connectivity index (χ0n) is 17.6. The van der Waals surface area contributed by atoms with Gasteiger partial charge in [0.05, 0.1) is 11.5 Å². The molecule has 166 valence electrons. The van der Waals surface area contributed by atoms with Crippen molar-refractivity contribution in [1.29, 1.82) is 0 Å². The summed E-state index contributed by atoms with van der Waals surface area (Å²) < 4.78 is 10.7. The molecule has 6 rings (SSSR count). The molecule has 0 unspecified atom stereocenters. The van der Waals surface area contributed by atoms with Crippen molar-refractivity contribution in [1.82, 2.24) is 15.0 Å². The molecule has 0 atom stereocenters. The second-order valence-electron chi connectivity index (χ2n) is 7.99. The third kappa shape index (κ3) is 3.36. The molecular formula is C23H20N6O4. The fraction of sp³-hybridized carbons (Fsp3) is 0.217. The van der Waals surface area contributed by atoms with E-state index in [2.05, 4.69) is 26.3 Å². The number of hydrogen-bond donors (Lipinski definition) is 2. The van der Waals surface area contributed by atoms with Gasteiger partial charge in [-0.1, -0.05) is 24.3 Å². The quantitative estimate of drug-likeness (QED) is 0.353. The Balaban J connectivity index is 1.28. The van der Waals surface area contributed by atoms with E-state index >= 15 is 0 Å². The maximum Gasteiger partial charge on any atom is 0.353 e. The molecule has 0 bridgehead atoms. The van der Waals surface area contributed by atoms with Crippen LogP contribution >= 0.6 is 0 Å². The normalized spacial score (nSPS) is 14.4. The van der Waals surface area contributed by atoms with Crippen LogP contribution in [0, 0.1) is 10.1 Å². The summed E-state index contributed by atoms with van der Waals surface area (Å²) in [5, 5.41) is 16.4. The van der Waals surface area contributed by atoms with Crippen LogP contribution in [0.15, 0.2) is 48.8 Å². The summed E-state index contributed by atoms with van der Waals surface area (Å²) in [5.74, 6) is 1.85. The number of para-hydroxylation sites is 1. The maximum absolute atomic E-state index is 12.1. The highest BCUT2D eigenvalue weighted by atomic mass is 16.7. The lowest BCUT2D eigenvalue weighted by Gasteiger charge is -2.27. The minimum absolute atomic E-state index is 0.127. The van der Waals surface area contributed by atoms with Crippen LogP contribution in [0.5, 0.6) is 11.5 Å². The first-order valence-corrected chi connectivity index (χ1v) is 10.6. The molecule has 0 aliphatic carbocycles. The molecular weight excluding hydrogens is 424 g/mol. The number of nitrogens with zero attached hydrogens (tertiary/aromatic N) is 4. The number of nitrogens with one attached hydrogen (secondary N) is 2. The maximum atomic E-state index is 12.1. The van der Waals surface area contributed by atoms with Gasteiger partial charge < -0.3 is 24.7 Å². The van der Waals surface area contributed by atoms with Crippen LogP contribution in [0.2, 0.25) is 0 Å². The molecule has 0 fully saturated rings. The van der Waals surface area contributed by atoms with Crippen LogP contribution in [0.1, 0.15) is 16.8 Å². The predicted molar refractivity (Wildman–Crippen MR) is 122 cm³/mol. The number of fused-ring (bicyclic) bond motifs is 4. The number of H-pyrrole nitrogens is 1. The van der Waals surface area contributed by atoms with Crippen LogP contribution in [0.3, 0.4) is 0 Å². The Bertz CT molecular complexity index is 1380. The lowest BCUT2D eigenvalue weighted by Crippen LogP contribution is -2.31. The van der Waals surface area contributed by atoms with Crippen molar-refractivity contribution in [3.05, 3.63) is 75.7 Å². The van der Waals surface area contributed by atoms with Crippen molar-refractivity contribution in [2.45, 2.75) is 19.5 Å². The zero-order valence-corrected chi connectivity index (χ0v) is 17.6. The highest BCUT2D eigenvalue weighted by Gasteiger charge is 2.30. The Morgan fingerprint density at radius 1 is 1.15 bits per heavy atom. The number of ether oxygens (including phenoxy) is 2. The van der Waals surface area contributed by atoms with Gasteiger partial charge in [0.25, 0.3) is 0 Å². The third-order valence-corrected chi connectivity index (χ3v) is 6.06. The zero-order chi connectivity index (χ0) is 22.4. The van der Waals surface area contributed by atoms with Crippen molar-refractivity contribution in [2.75, 3.05) is 23.6 Å². The average molecular weight is 444 g/mol. The minimum atomic E-state index is -0.419. The summed E-state index contributed by atoms with van der Waals surface area (Å²) in [4.78, 5) is 25.5. The Morgan fingerprint density at radius 3 is 2.94 bits per heavy atom. The summed E-state index contributed by atoms with van der Waals surface area (Å²) in [6, 6.07) is 13.7. The lowest BCUT2D eigenvalue weighted by molar-refractivity contribution is -0.383. The van der Waals surface area contributed by atoms with Gasteiger partial charge in [-0.05, 0) is 35.7 Å². The van der Waals surface area contributed by atoms with Crippen LogP contribution < -0.4 is 19.7 Å². The first kappa shape index (κ1) is 19.4. The van der Waals surface area contributed by atoms with Gasteiger partial charge in [-0.3, -0.25) is 10.1 Å². The Labute approximate surface area is 188 Å². The van der Waals surface area contributed by atoms with E-state index in [4.69, 9.17) is 9.47 Å². The summed E-state index contributed by atoms with van der Waals surface area (Å²) in [5.41, 5.74) is 4.17. The molecule has 10 nitrogen and oxygen atoms in total. The molecule has 2 N–H and O–H groups in total. The Kier molecular flexibility index (Phi) is 4.49. The SMILES string of the molecule is O=[N+]([O-])c1c(NCc2ccc3c(c2)OCO3)ncnc1N1CCc2c([nH]c3ccccc23)C1. The highest BCUT2D eigenvalue weighted by Crippen LogP contribution is 2.37. The molecule has 0 amide bonds. The average Bonchev–Trinajstić information content (AvgIpc) is 3.45. The molecule has 2 aromatic carbocycles. The van der Waals surface area contributed by atoms with Gasteiger partial charge >= 0.3 is 5.69 Å². The van der Waals surface area contributed by atoms with Gasteiger partial charge in [-0.15, -0.1) is 0 Å². The molecule has 0 radical (unpaired) electrons. The monoisotopic (exact) mass is 444 g/mol. The summed E-state index contributed by atoms with van der Waals surface area (Å²) in [6.45, 7) is 1.69. The van der Waals surface area contributed by atoms with E-state index in [-0.39, 0.29) is 18.3 Å². The van der Waals surface area contributed by atoms with Gasteiger partial charge in [0, 0.05) is 29.7 Å². The van der Waals surface area contributed by atoms with Crippen molar-refractivity contribution in [2.24, 2.45) is 0 Å². The van der Waals surface area contributed by atoms with E-state index < -0.39 is 4.92 Å². The molecule has 4 heterocycles. The fourth-order valence-corrected chi connectivity index (χ4v) is 4.51. The topological polar surface area (TPSA) is 118 Å². The summed E-state index contributed by atoms with van der Waals surface area (Å²) >= 11 is 0. The van der Waals surface area contributed by atoms with Crippen LogP contribution in [-0.2, 0) is 19.5 Å². The molecule has 0 saturated heterocycles. The number of aromatic nitrogens is 3. The number of nitro groups is 1. The van der Waals surface area contributed by atoms with E-state index in [0.717, 1.165) is 23.2 Å². The molecule has 0 saturated carbocycles. The lowest BCUT2D eigenvalue weighted by atomic mass is 10.0. The molecule has 2 aliphatic heterocycles. The third-order valence-electron chi connectivity index (χ3n) is 6.06. The molecule has 4 aromatic rings. The van der Waals surface area contributed by atoms with E-state index in [9.17, 15) is 10.1 Å². The van der Waals surface area contributed by atoms with Crippen molar-refractivity contribution in [3.8, 4) is 11.5 Å². The van der Waals surface area contributed by atoms with Crippen molar-refractivity contribution < 1.29 is 14.4 Å². The molecule has 2 aliphatic rings. The van der Waals surface area contributed by atoms with Crippen LogP contribution in [0.25, 0.3) is 10.9 Å². The predicted octanol–water partition coefficient (Wildman–Crippen LogP) is 3.77. The summed E-state index contributed by atoms with van der Waals surface area (Å²) in [6.07, 6.45) is 2.14. The van der Waals surface area contributed by atoms with Crippen LogP contribution in [0.4, 0.5) is 17.3 Å². The Morgan fingerprint density at radius 2 is 2.03 bits per heavy atom. The van der Waals surface area contributed by atoms with Gasteiger partial charge in [-0.25, -0.2) is 9.97 Å². The summed E-state index contributed by atoms with van der Waals surface area (Å²) in [7, 11) is 0.